The molecule has 0 aliphatic rings. The zero-order chi connectivity index (χ0) is 14.4. The molecule has 7 heteroatoms. The first kappa shape index (κ1) is 13.6. The molecule has 2 rings (SSSR count). The highest BCUT2D eigenvalue weighted by atomic mass is 16.5. The fraction of sp³-hybridized carbons (Fsp3) is 0.154. The molecule has 0 aromatic carbocycles. The van der Waals surface area contributed by atoms with Crippen molar-refractivity contribution in [3.63, 3.8) is 0 Å². The van der Waals surface area contributed by atoms with Gasteiger partial charge in [0.1, 0.15) is 12.3 Å². The molecule has 2 aromatic rings. The summed E-state index contributed by atoms with van der Waals surface area (Å²) in [5.41, 5.74) is 0. The van der Waals surface area contributed by atoms with Crippen molar-refractivity contribution in [3.8, 4) is 0 Å². The number of esters is 1. The Morgan fingerprint density at radius 3 is 3.05 bits per heavy atom. The number of amides is 1. The van der Waals surface area contributed by atoms with Crippen LogP contribution in [0.5, 0.6) is 0 Å². The molecule has 7 nitrogen and oxygen atoms in total. The molecule has 1 amide bonds. The summed E-state index contributed by atoms with van der Waals surface area (Å²) in [4.78, 5) is 22.7. The van der Waals surface area contributed by atoms with Crippen molar-refractivity contribution < 1.29 is 18.7 Å². The molecule has 0 saturated carbocycles. The van der Waals surface area contributed by atoms with Crippen LogP contribution in [0.1, 0.15) is 5.76 Å². The third kappa shape index (κ3) is 3.84. The Labute approximate surface area is 114 Å². The van der Waals surface area contributed by atoms with Crippen molar-refractivity contribution in [3.05, 3.63) is 42.5 Å². The number of methoxy groups -OCH3 is 1. The van der Waals surface area contributed by atoms with Gasteiger partial charge in [-0.3, -0.25) is 14.3 Å². The molecule has 0 unspecified atom stereocenters. The number of hydrogen-bond acceptors (Lipinski definition) is 5. The van der Waals surface area contributed by atoms with Crippen molar-refractivity contribution in [1.29, 1.82) is 0 Å². The number of aromatic nitrogens is 2. The van der Waals surface area contributed by atoms with E-state index in [1.54, 1.807) is 30.5 Å². The Balaban J connectivity index is 1.90. The summed E-state index contributed by atoms with van der Waals surface area (Å²) < 4.78 is 10.9. The summed E-state index contributed by atoms with van der Waals surface area (Å²) in [6, 6.07) is 5.04. The molecule has 1 N–H and O–H groups in total. The summed E-state index contributed by atoms with van der Waals surface area (Å²) in [6.45, 7) is -0.00535. The third-order valence-corrected chi connectivity index (χ3v) is 2.35. The molecule has 0 aliphatic carbocycles. The van der Waals surface area contributed by atoms with Gasteiger partial charge in [-0.15, -0.1) is 0 Å². The first-order valence-electron chi connectivity index (χ1n) is 5.80. The molecule has 0 atom stereocenters. The fourth-order valence-electron chi connectivity index (χ4n) is 1.43. The van der Waals surface area contributed by atoms with Gasteiger partial charge in [0.25, 0.3) is 0 Å². The van der Waals surface area contributed by atoms with Gasteiger partial charge in [0.05, 0.1) is 13.4 Å². The topological polar surface area (TPSA) is 86.4 Å². The number of carbonyl (C=O) groups is 2. The Hall–Kier alpha value is -2.83. The monoisotopic (exact) mass is 275 g/mol. The minimum absolute atomic E-state index is 0.00535. The Morgan fingerprint density at radius 1 is 1.50 bits per heavy atom. The zero-order valence-electron chi connectivity index (χ0n) is 10.8. The predicted molar refractivity (Wildman–Crippen MR) is 70.6 cm³/mol. The average molecular weight is 275 g/mol. The average Bonchev–Trinajstić information content (AvgIpc) is 3.08. The van der Waals surface area contributed by atoms with E-state index < -0.39 is 5.97 Å². The highest BCUT2D eigenvalue weighted by molar-refractivity contribution is 6.01. The van der Waals surface area contributed by atoms with Gasteiger partial charge in [-0.25, -0.2) is 0 Å². The minimum Gasteiger partial charge on any atom is -0.468 e. The number of anilines is 1. The van der Waals surface area contributed by atoms with Crippen LogP contribution in [0.25, 0.3) is 6.08 Å². The van der Waals surface area contributed by atoms with Gasteiger partial charge in [-0.05, 0) is 18.2 Å². The molecule has 20 heavy (non-hydrogen) atoms. The van der Waals surface area contributed by atoms with Gasteiger partial charge in [0.15, 0.2) is 5.82 Å². The molecular formula is C13H13N3O4. The first-order valence-corrected chi connectivity index (χ1v) is 5.80. The molecule has 0 spiro atoms. The number of nitrogens with one attached hydrogen (secondary N) is 1. The van der Waals surface area contributed by atoms with Gasteiger partial charge in [0.2, 0.25) is 5.91 Å². The van der Waals surface area contributed by atoms with E-state index in [-0.39, 0.29) is 12.5 Å². The second-order valence-electron chi connectivity index (χ2n) is 3.81. The second-order valence-corrected chi connectivity index (χ2v) is 3.81. The number of rotatable bonds is 5. The lowest BCUT2D eigenvalue weighted by Crippen LogP contribution is -2.13. The van der Waals surface area contributed by atoms with Crippen molar-refractivity contribution in [2.24, 2.45) is 0 Å². The quantitative estimate of drug-likeness (QED) is 0.656. The smallest absolute Gasteiger partial charge is 0.327 e. The molecule has 0 bridgehead atoms. The summed E-state index contributed by atoms with van der Waals surface area (Å²) in [7, 11) is 1.30. The fourth-order valence-corrected chi connectivity index (χ4v) is 1.43. The Bertz CT molecular complexity index is 613. The minimum atomic E-state index is -0.413. The van der Waals surface area contributed by atoms with Crippen molar-refractivity contribution >= 4 is 23.8 Å². The molecule has 2 heterocycles. The lowest BCUT2D eigenvalue weighted by Gasteiger charge is -1.99. The van der Waals surface area contributed by atoms with Crippen molar-refractivity contribution in [1.82, 2.24) is 9.78 Å². The maximum Gasteiger partial charge on any atom is 0.327 e. The van der Waals surface area contributed by atoms with E-state index in [0.29, 0.717) is 11.6 Å². The highest BCUT2D eigenvalue weighted by Gasteiger charge is 2.05. The number of ether oxygens (including phenoxy) is 1. The lowest BCUT2D eigenvalue weighted by atomic mass is 10.4. The van der Waals surface area contributed by atoms with E-state index >= 15 is 0 Å². The maximum atomic E-state index is 11.6. The van der Waals surface area contributed by atoms with Crippen LogP contribution in [0, 0.1) is 0 Å². The molecule has 2 aromatic heterocycles. The third-order valence-electron chi connectivity index (χ3n) is 2.35. The van der Waals surface area contributed by atoms with E-state index in [1.165, 1.54) is 24.1 Å². The molecule has 0 fully saturated rings. The summed E-state index contributed by atoms with van der Waals surface area (Å²) >= 11 is 0. The molecule has 104 valence electrons. The molecular weight excluding hydrogens is 262 g/mol. The van der Waals surface area contributed by atoms with Crippen LogP contribution in [0.2, 0.25) is 0 Å². The molecule has 0 aliphatic heterocycles. The second kappa shape index (κ2) is 6.37. The number of nitrogens with zero attached hydrogens (tertiary/aromatic N) is 2. The predicted octanol–water partition coefficient (Wildman–Crippen LogP) is 1.30. The van der Waals surface area contributed by atoms with Crippen LogP contribution < -0.4 is 5.32 Å². The zero-order valence-corrected chi connectivity index (χ0v) is 10.8. The van der Waals surface area contributed by atoms with Crippen LogP contribution >= 0.6 is 0 Å². The van der Waals surface area contributed by atoms with Gasteiger partial charge < -0.3 is 14.5 Å². The van der Waals surface area contributed by atoms with Crippen molar-refractivity contribution in [2.45, 2.75) is 6.54 Å². The van der Waals surface area contributed by atoms with Gasteiger partial charge >= 0.3 is 5.97 Å². The Morgan fingerprint density at radius 2 is 2.35 bits per heavy atom. The maximum absolute atomic E-state index is 11.6. The van der Waals surface area contributed by atoms with E-state index in [2.05, 4.69) is 15.2 Å². The largest absolute Gasteiger partial charge is 0.468 e. The van der Waals surface area contributed by atoms with Crippen LogP contribution in [0.15, 0.2) is 41.2 Å². The van der Waals surface area contributed by atoms with Crippen LogP contribution in [0.4, 0.5) is 5.82 Å². The first-order chi connectivity index (χ1) is 9.67. The van der Waals surface area contributed by atoms with Crippen LogP contribution in [-0.2, 0) is 20.9 Å². The van der Waals surface area contributed by atoms with Crippen LogP contribution in [0.3, 0.4) is 0 Å². The van der Waals surface area contributed by atoms with E-state index in [0.717, 1.165) is 0 Å². The number of furan rings is 1. The summed E-state index contributed by atoms with van der Waals surface area (Å²) in [6.07, 6.45) is 5.97. The van der Waals surface area contributed by atoms with Gasteiger partial charge in [0, 0.05) is 18.3 Å². The van der Waals surface area contributed by atoms with Gasteiger partial charge in [-0.1, -0.05) is 0 Å². The number of hydrogen-bond donors (Lipinski definition) is 1. The standard InChI is InChI=1S/C13H13N3O4/c1-19-13(18)9-16-7-6-11(15-16)14-12(17)5-4-10-3-2-8-20-10/h2-8H,9H2,1H3,(H,14,15,17)/b5-4-. The lowest BCUT2D eigenvalue weighted by molar-refractivity contribution is -0.141. The summed E-state index contributed by atoms with van der Waals surface area (Å²) in [5.74, 6) is 0.174. The van der Waals surface area contributed by atoms with Crippen LogP contribution in [-0.4, -0.2) is 28.8 Å². The summed E-state index contributed by atoms with van der Waals surface area (Å²) in [5, 5.41) is 6.57. The van der Waals surface area contributed by atoms with E-state index in [9.17, 15) is 9.59 Å². The van der Waals surface area contributed by atoms with Crippen molar-refractivity contribution in [2.75, 3.05) is 12.4 Å². The van der Waals surface area contributed by atoms with E-state index in [4.69, 9.17) is 4.42 Å². The SMILES string of the molecule is COC(=O)Cn1ccc(NC(=O)/C=C\c2ccco2)n1. The highest BCUT2D eigenvalue weighted by Crippen LogP contribution is 2.05. The Kier molecular flexibility index (Phi) is 4.33. The van der Waals surface area contributed by atoms with Gasteiger partial charge in [-0.2, -0.15) is 5.10 Å². The molecule has 0 saturated heterocycles. The van der Waals surface area contributed by atoms with E-state index in [1.807, 2.05) is 0 Å². The normalized spacial score (nSPS) is 10.7. The molecule has 0 radical (unpaired) electrons. The number of carbonyl (C=O) groups excluding carboxylic acids is 2.